The van der Waals surface area contributed by atoms with Crippen molar-refractivity contribution in [3.63, 3.8) is 0 Å². The van der Waals surface area contributed by atoms with Gasteiger partial charge in [-0.2, -0.15) is 5.10 Å². The van der Waals surface area contributed by atoms with E-state index in [-0.39, 0.29) is 18.1 Å². The van der Waals surface area contributed by atoms with E-state index in [1.54, 1.807) is 18.5 Å². The number of hydrogen-bond acceptors (Lipinski definition) is 6. The van der Waals surface area contributed by atoms with E-state index < -0.39 is 10.0 Å². The second-order valence-corrected chi connectivity index (χ2v) is 5.70. The van der Waals surface area contributed by atoms with Gasteiger partial charge in [0.25, 0.3) is 10.0 Å². The highest BCUT2D eigenvalue weighted by molar-refractivity contribution is 7.89. The Morgan fingerprint density at radius 1 is 1.53 bits per heavy atom. The standard InChI is InChI=1S/C9H15N7O2S/c1-6-7(3-10)9(15-13-6)19(17,18)12-4-8-14-11-5-16(8)2/h5,12H,3-4,10H2,1-2H3,(H,13,15). The molecule has 0 saturated heterocycles. The molecule has 0 aliphatic heterocycles. The Morgan fingerprint density at radius 3 is 2.84 bits per heavy atom. The summed E-state index contributed by atoms with van der Waals surface area (Å²) in [4.78, 5) is 0. The molecule has 0 aliphatic carbocycles. The number of hydrogen-bond donors (Lipinski definition) is 3. The molecule has 0 amide bonds. The Labute approximate surface area is 110 Å². The van der Waals surface area contributed by atoms with Crippen LogP contribution < -0.4 is 10.5 Å². The number of rotatable bonds is 5. The molecule has 10 heteroatoms. The van der Waals surface area contributed by atoms with Crippen molar-refractivity contribution in [1.29, 1.82) is 0 Å². The highest BCUT2D eigenvalue weighted by Gasteiger charge is 2.23. The van der Waals surface area contributed by atoms with Gasteiger partial charge in [-0.25, -0.2) is 13.1 Å². The van der Waals surface area contributed by atoms with E-state index in [2.05, 4.69) is 25.1 Å². The van der Waals surface area contributed by atoms with Gasteiger partial charge >= 0.3 is 0 Å². The average Bonchev–Trinajstić information content (AvgIpc) is 2.93. The summed E-state index contributed by atoms with van der Waals surface area (Å²) in [6.07, 6.45) is 1.49. The molecule has 0 fully saturated rings. The van der Waals surface area contributed by atoms with Crippen LogP contribution in [0.5, 0.6) is 0 Å². The quantitative estimate of drug-likeness (QED) is 0.631. The predicted molar refractivity (Wildman–Crippen MR) is 66.2 cm³/mol. The molecule has 104 valence electrons. The zero-order valence-electron chi connectivity index (χ0n) is 10.6. The lowest BCUT2D eigenvalue weighted by atomic mass is 10.3. The molecule has 9 nitrogen and oxygen atoms in total. The number of nitrogens with one attached hydrogen (secondary N) is 2. The summed E-state index contributed by atoms with van der Waals surface area (Å²) in [7, 11) is -2.00. The van der Waals surface area contributed by atoms with Gasteiger partial charge in [0.15, 0.2) is 5.03 Å². The molecule has 0 bridgehead atoms. The number of aromatic amines is 1. The monoisotopic (exact) mass is 285 g/mol. The zero-order valence-corrected chi connectivity index (χ0v) is 11.4. The fourth-order valence-electron chi connectivity index (χ4n) is 1.59. The Kier molecular flexibility index (Phi) is 3.64. The highest BCUT2D eigenvalue weighted by Crippen LogP contribution is 2.15. The molecule has 2 heterocycles. The first-order valence-corrected chi connectivity index (χ1v) is 7.00. The van der Waals surface area contributed by atoms with Gasteiger partial charge in [-0.05, 0) is 6.92 Å². The lowest BCUT2D eigenvalue weighted by Gasteiger charge is -2.05. The third-order valence-corrected chi connectivity index (χ3v) is 4.09. The van der Waals surface area contributed by atoms with Crippen molar-refractivity contribution < 1.29 is 8.42 Å². The van der Waals surface area contributed by atoms with Gasteiger partial charge in [0.1, 0.15) is 12.2 Å². The van der Waals surface area contributed by atoms with E-state index in [4.69, 9.17) is 5.73 Å². The molecule has 2 rings (SSSR count). The molecule has 4 N–H and O–H groups in total. The van der Waals surface area contributed by atoms with Crippen LogP contribution in [0.3, 0.4) is 0 Å². The van der Waals surface area contributed by atoms with Crippen LogP contribution in [0.2, 0.25) is 0 Å². The third-order valence-electron chi connectivity index (χ3n) is 2.72. The number of nitrogens with zero attached hydrogens (tertiary/aromatic N) is 4. The molecule has 2 aromatic heterocycles. The molecular formula is C9H15N7O2S. The molecule has 0 radical (unpaired) electrons. The smallest absolute Gasteiger partial charge is 0.260 e. The van der Waals surface area contributed by atoms with Crippen molar-refractivity contribution >= 4 is 10.0 Å². The summed E-state index contributed by atoms with van der Waals surface area (Å²) in [5, 5.41) is 13.8. The normalized spacial score (nSPS) is 11.9. The van der Waals surface area contributed by atoms with Crippen LogP contribution in [0.4, 0.5) is 0 Å². The Balaban J connectivity index is 2.21. The molecule has 0 saturated carbocycles. The van der Waals surface area contributed by atoms with E-state index >= 15 is 0 Å². The second kappa shape index (κ2) is 5.07. The number of sulfonamides is 1. The summed E-state index contributed by atoms with van der Waals surface area (Å²) in [6, 6.07) is 0. The maximum absolute atomic E-state index is 12.1. The van der Waals surface area contributed by atoms with Gasteiger partial charge in [-0.1, -0.05) is 0 Å². The van der Waals surface area contributed by atoms with Crippen molar-refractivity contribution in [2.75, 3.05) is 0 Å². The third kappa shape index (κ3) is 2.64. The second-order valence-electron chi connectivity index (χ2n) is 4.02. The van der Waals surface area contributed by atoms with Crippen LogP contribution in [0, 0.1) is 6.92 Å². The number of H-pyrrole nitrogens is 1. The van der Waals surface area contributed by atoms with Gasteiger partial charge in [0.05, 0.1) is 6.54 Å². The molecule has 2 aromatic rings. The van der Waals surface area contributed by atoms with E-state index in [0.717, 1.165) is 0 Å². The SMILES string of the molecule is Cc1[nH]nc(S(=O)(=O)NCc2nncn2C)c1CN. The van der Waals surface area contributed by atoms with Gasteiger partial charge in [0.2, 0.25) is 0 Å². The Bertz CT molecular complexity index is 673. The zero-order chi connectivity index (χ0) is 14.0. The summed E-state index contributed by atoms with van der Waals surface area (Å²) in [5.74, 6) is 0.505. The van der Waals surface area contributed by atoms with Gasteiger partial charge in [-0.15, -0.1) is 10.2 Å². The Morgan fingerprint density at radius 2 is 2.26 bits per heavy atom. The van der Waals surface area contributed by atoms with Crippen molar-refractivity contribution in [1.82, 2.24) is 29.7 Å². The maximum Gasteiger partial charge on any atom is 0.260 e. The lowest BCUT2D eigenvalue weighted by Crippen LogP contribution is -2.26. The number of aryl methyl sites for hydroxylation is 2. The fraction of sp³-hybridized carbons (Fsp3) is 0.444. The summed E-state index contributed by atoms with van der Waals surface area (Å²) < 4.78 is 28.3. The molecule has 0 unspecified atom stereocenters. The van der Waals surface area contributed by atoms with Crippen molar-refractivity contribution in [2.24, 2.45) is 12.8 Å². The first-order chi connectivity index (χ1) is 8.95. The van der Waals surface area contributed by atoms with Crippen molar-refractivity contribution in [2.45, 2.75) is 25.0 Å². The van der Waals surface area contributed by atoms with Gasteiger partial charge in [-0.3, -0.25) is 5.10 Å². The van der Waals surface area contributed by atoms with Gasteiger partial charge < -0.3 is 10.3 Å². The predicted octanol–water partition coefficient (Wildman–Crippen LogP) is -1.22. The minimum Gasteiger partial charge on any atom is -0.326 e. The number of aromatic nitrogens is 5. The van der Waals surface area contributed by atoms with Crippen LogP contribution >= 0.6 is 0 Å². The lowest BCUT2D eigenvalue weighted by molar-refractivity contribution is 0.571. The van der Waals surface area contributed by atoms with E-state index in [1.165, 1.54) is 6.33 Å². The minimum absolute atomic E-state index is 0.0365. The molecular weight excluding hydrogens is 270 g/mol. The summed E-state index contributed by atoms with van der Waals surface area (Å²) >= 11 is 0. The minimum atomic E-state index is -3.73. The van der Waals surface area contributed by atoms with Crippen LogP contribution in [0.1, 0.15) is 17.1 Å². The first kappa shape index (κ1) is 13.6. The first-order valence-electron chi connectivity index (χ1n) is 5.52. The largest absolute Gasteiger partial charge is 0.326 e. The van der Waals surface area contributed by atoms with Crippen LogP contribution in [0.15, 0.2) is 11.4 Å². The molecule has 19 heavy (non-hydrogen) atoms. The maximum atomic E-state index is 12.1. The van der Waals surface area contributed by atoms with E-state index in [9.17, 15) is 8.42 Å². The van der Waals surface area contributed by atoms with Crippen LogP contribution in [0.25, 0.3) is 0 Å². The van der Waals surface area contributed by atoms with E-state index in [0.29, 0.717) is 17.1 Å². The average molecular weight is 285 g/mol. The number of nitrogens with two attached hydrogens (primary N) is 1. The summed E-state index contributed by atoms with van der Waals surface area (Å²) in [5.41, 5.74) is 6.65. The highest BCUT2D eigenvalue weighted by atomic mass is 32.2. The fourth-order valence-corrected chi connectivity index (χ4v) is 2.77. The van der Waals surface area contributed by atoms with Crippen LogP contribution in [-0.2, 0) is 30.2 Å². The van der Waals surface area contributed by atoms with Crippen LogP contribution in [-0.4, -0.2) is 33.4 Å². The Hall–Kier alpha value is -1.78. The topological polar surface area (TPSA) is 132 Å². The van der Waals surface area contributed by atoms with Gasteiger partial charge in [0, 0.05) is 24.8 Å². The molecule has 0 aliphatic rings. The molecule has 0 spiro atoms. The van der Waals surface area contributed by atoms with E-state index in [1.807, 2.05) is 0 Å². The van der Waals surface area contributed by atoms with Crippen molar-refractivity contribution in [3.05, 3.63) is 23.4 Å². The summed E-state index contributed by atoms with van der Waals surface area (Å²) in [6.45, 7) is 1.86. The van der Waals surface area contributed by atoms with Crippen molar-refractivity contribution in [3.8, 4) is 0 Å². The molecule has 0 aromatic carbocycles. The molecule has 0 atom stereocenters.